The molecular weight excluding hydrogens is 316 g/mol. The van der Waals surface area contributed by atoms with Crippen LogP contribution >= 0.6 is 0 Å². The van der Waals surface area contributed by atoms with Gasteiger partial charge in [0.15, 0.2) is 5.96 Å². The van der Waals surface area contributed by atoms with Crippen LogP contribution in [-0.2, 0) is 13.1 Å². The van der Waals surface area contributed by atoms with Gasteiger partial charge in [-0.25, -0.2) is 4.98 Å². The maximum Gasteiger partial charge on any atom is 0.214 e. The Morgan fingerprint density at radius 1 is 1.24 bits per heavy atom. The SMILES string of the molecule is CN=C(NCc1nc(C)c(C)o1)NCc1ccccc1OCC1CC1. The zero-order valence-corrected chi connectivity index (χ0v) is 15.1. The van der Waals surface area contributed by atoms with Crippen molar-refractivity contribution in [2.75, 3.05) is 13.7 Å². The molecule has 0 unspecified atom stereocenters. The van der Waals surface area contributed by atoms with E-state index in [2.05, 4.69) is 26.7 Å². The lowest BCUT2D eigenvalue weighted by atomic mass is 10.2. The summed E-state index contributed by atoms with van der Waals surface area (Å²) >= 11 is 0. The second-order valence-electron chi connectivity index (χ2n) is 6.39. The molecule has 0 spiro atoms. The number of hydrogen-bond donors (Lipinski definition) is 2. The first-order valence-corrected chi connectivity index (χ1v) is 8.74. The van der Waals surface area contributed by atoms with Crippen LogP contribution in [0.1, 0.15) is 35.7 Å². The van der Waals surface area contributed by atoms with Crippen LogP contribution in [0, 0.1) is 19.8 Å². The number of benzene rings is 1. The number of nitrogens with one attached hydrogen (secondary N) is 2. The van der Waals surface area contributed by atoms with Crippen LogP contribution in [0.3, 0.4) is 0 Å². The molecule has 1 aromatic heterocycles. The van der Waals surface area contributed by atoms with Gasteiger partial charge in [0, 0.05) is 19.2 Å². The lowest BCUT2D eigenvalue weighted by molar-refractivity contribution is 0.296. The molecule has 2 aromatic rings. The van der Waals surface area contributed by atoms with Crippen molar-refractivity contribution in [3.05, 3.63) is 47.2 Å². The highest BCUT2D eigenvalue weighted by Gasteiger charge is 2.22. The van der Waals surface area contributed by atoms with Crippen LogP contribution in [0.25, 0.3) is 0 Å². The van der Waals surface area contributed by atoms with Gasteiger partial charge in [0.2, 0.25) is 5.89 Å². The van der Waals surface area contributed by atoms with Crippen LogP contribution in [0.2, 0.25) is 0 Å². The monoisotopic (exact) mass is 342 g/mol. The topological polar surface area (TPSA) is 71.7 Å². The zero-order chi connectivity index (χ0) is 17.6. The molecule has 2 N–H and O–H groups in total. The summed E-state index contributed by atoms with van der Waals surface area (Å²) in [5.41, 5.74) is 2.04. The molecule has 25 heavy (non-hydrogen) atoms. The summed E-state index contributed by atoms with van der Waals surface area (Å²) in [6, 6.07) is 8.12. The summed E-state index contributed by atoms with van der Waals surface area (Å²) in [4.78, 5) is 8.61. The number of guanidine groups is 1. The van der Waals surface area contributed by atoms with Crippen LogP contribution in [0.5, 0.6) is 5.75 Å². The summed E-state index contributed by atoms with van der Waals surface area (Å²) in [7, 11) is 1.75. The van der Waals surface area contributed by atoms with Crippen molar-refractivity contribution in [2.45, 2.75) is 39.8 Å². The number of aryl methyl sites for hydroxylation is 2. The molecule has 0 aliphatic heterocycles. The lowest BCUT2D eigenvalue weighted by Gasteiger charge is -2.14. The molecule has 6 nitrogen and oxygen atoms in total. The van der Waals surface area contributed by atoms with Crippen molar-refractivity contribution in [3.8, 4) is 5.75 Å². The molecular formula is C19H26N4O2. The average Bonchev–Trinajstić information content (AvgIpc) is 3.39. The molecule has 0 atom stereocenters. The van der Waals surface area contributed by atoms with E-state index in [1.165, 1.54) is 12.8 Å². The van der Waals surface area contributed by atoms with Crippen molar-refractivity contribution in [1.82, 2.24) is 15.6 Å². The molecule has 0 radical (unpaired) electrons. The highest BCUT2D eigenvalue weighted by atomic mass is 16.5. The fourth-order valence-corrected chi connectivity index (χ4v) is 2.46. The second kappa shape index (κ2) is 8.05. The summed E-state index contributed by atoms with van der Waals surface area (Å²) in [6.45, 7) is 5.80. The number of hydrogen-bond acceptors (Lipinski definition) is 4. The first-order valence-electron chi connectivity index (χ1n) is 8.74. The number of aromatic nitrogens is 1. The third kappa shape index (κ3) is 4.98. The van der Waals surface area contributed by atoms with Crippen molar-refractivity contribution in [1.29, 1.82) is 0 Å². The molecule has 6 heteroatoms. The standard InChI is InChI=1S/C19H26N4O2/c1-13-14(2)25-18(23-13)11-22-19(20-3)21-10-16-6-4-5-7-17(16)24-12-15-8-9-15/h4-7,15H,8-12H2,1-3H3,(H2,20,21,22). The summed E-state index contributed by atoms with van der Waals surface area (Å²) in [5.74, 6) is 3.89. The van der Waals surface area contributed by atoms with Crippen molar-refractivity contribution in [2.24, 2.45) is 10.9 Å². The Morgan fingerprint density at radius 2 is 2.00 bits per heavy atom. The lowest BCUT2D eigenvalue weighted by Crippen LogP contribution is -2.36. The van der Waals surface area contributed by atoms with Crippen molar-refractivity contribution in [3.63, 3.8) is 0 Å². The maximum atomic E-state index is 5.95. The van der Waals surface area contributed by atoms with E-state index in [1.807, 2.05) is 32.0 Å². The zero-order valence-electron chi connectivity index (χ0n) is 15.1. The molecule has 0 bridgehead atoms. The third-order valence-electron chi connectivity index (χ3n) is 4.29. The van der Waals surface area contributed by atoms with E-state index in [-0.39, 0.29) is 0 Å². The minimum atomic E-state index is 0.494. The fourth-order valence-electron chi connectivity index (χ4n) is 2.46. The second-order valence-corrected chi connectivity index (χ2v) is 6.39. The molecule has 134 valence electrons. The van der Waals surface area contributed by atoms with Crippen LogP contribution < -0.4 is 15.4 Å². The Balaban J connectivity index is 1.52. The van der Waals surface area contributed by atoms with Gasteiger partial charge in [-0.1, -0.05) is 18.2 Å². The van der Waals surface area contributed by atoms with E-state index in [1.54, 1.807) is 7.05 Å². The van der Waals surface area contributed by atoms with Gasteiger partial charge in [0.05, 0.1) is 18.8 Å². The highest BCUT2D eigenvalue weighted by Crippen LogP contribution is 2.30. The molecule has 1 fully saturated rings. The van der Waals surface area contributed by atoms with E-state index in [0.29, 0.717) is 24.9 Å². The number of rotatable bonds is 7. The Morgan fingerprint density at radius 3 is 2.68 bits per heavy atom. The van der Waals surface area contributed by atoms with Crippen LogP contribution in [0.4, 0.5) is 0 Å². The Labute approximate surface area is 148 Å². The molecule has 0 amide bonds. The van der Waals surface area contributed by atoms with Gasteiger partial charge < -0.3 is 19.8 Å². The summed E-state index contributed by atoms with van der Waals surface area (Å²) in [5, 5.41) is 6.53. The third-order valence-corrected chi connectivity index (χ3v) is 4.29. The Bertz CT molecular complexity index is 715. The van der Waals surface area contributed by atoms with Gasteiger partial charge in [0.1, 0.15) is 11.5 Å². The number of para-hydroxylation sites is 1. The molecule has 3 rings (SSSR count). The normalized spacial score (nSPS) is 14.4. The van der Waals surface area contributed by atoms with E-state index in [9.17, 15) is 0 Å². The fraction of sp³-hybridized carbons (Fsp3) is 0.474. The molecule has 1 aliphatic rings. The van der Waals surface area contributed by atoms with Gasteiger partial charge >= 0.3 is 0 Å². The highest BCUT2D eigenvalue weighted by molar-refractivity contribution is 5.79. The van der Waals surface area contributed by atoms with Crippen LogP contribution in [0.15, 0.2) is 33.7 Å². The Hall–Kier alpha value is -2.50. The van der Waals surface area contributed by atoms with Crippen LogP contribution in [-0.4, -0.2) is 24.6 Å². The van der Waals surface area contributed by atoms with E-state index < -0.39 is 0 Å². The predicted octanol–water partition coefficient (Wildman–Crippen LogP) is 2.95. The molecule has 1 heterocycles. The van der Waals surface area contributed by atoms with E-state index in [4.69, 9.17) is 9.15 Å². The quantitative estimate of drug-likeness (QED) is 0.598. The number of aliphatic imine (C=N–C) groups is 1. The van der Waals surface area contributed by atoms with Gasteiger partial charge in [0.25, 0.3) is 0 Å². The molecule has 1 aromatic carbocycles. The molecule has 0 saturated heterocycles. The number of oxazole rings is 1. The Kier molecular flexibility index (Phi) is 5.58. The van der Waals surface area contributed by atoms with Gasteiger partial charge in [-0.2, -0.15) is 0 Å². The van der Waals surface area contributed by atoms with Gasteiger partial charge in [-0.15, -0.1) is 0 Å². The minimum absolute atomic E-state index is 0.494. The number of nitrogens with zero attached hydrogens (tertiary/aromatic N) is 2. The van der Waals surface area contributed by atoms with E-state index in [0.717, 1.165) is 35.3 Å². The number of ether oxygens (including phenoxy) is 1. The minimum Gasteiger partial charge on any atom is -0.493 e. The van der Waals surface area contributed by atoms with Crippen molar-refractivity contribution < 1.29 is 9.15 Å². The first-order chi connectivity index (χ1) is 12.2. The maximum absolute atomic E-state index is 5.95. The molecule has 1 aliphatic carbocycles. The van der Waals surface area contributed by atoms with Crippen molar-refractivity contribution >= 4 is 5.96 Å². The summed E-state index contributed by atoms with van der Waals surface area (Å²) < 4.78 is 11.5. The first kappa shape index (κ1) is 17.3. The smallest absolute Gasteiger partial charge is 0.214 e. The van der Waals surface area contributed by atoms with Gasteiger partial charge in [-0.05, 0) is 38.7 Å². The summed E-state index contributed by atoms with van der Waals surface area (Å²) in [6.07, 6.45) is 2.58. The van der Waals surface area contributed by atoms with Gasteiger partial charge in [-0.3, -0.25) is 4.99 Å². The molecule has 1 saturated carbocycles. The van der Waals surface area contributed by atoms with E-state index >= 15 is 0 Å². The predicted molar refractivity (Wildman–Crippen MR) is 97.7 cm³/mol. The largest absolute Gasteiger partial charge is 0.493 e. The average molecular weight is 342 g/mol.